The van der Waals surface area contributed by atoms with Crippen LogP contribution in [0.15, 0.2) is 24.3 Å². The van der Waals surface area contributed by atoms with Crippen LogP contribution >= 0.6 is 11.6 Å². The third-order valence-corrected chi connectivity index (χ3v) is 3.64. The standard InChI is InChI=1S/C11H14ClNSi/c12-10(6-3-4-8-13)9-5-1-2-7-11(9)14/h1-2,5,7,10H,3-4,6H2,14H3. The van der Waals surface area contributed by atoms with E-state index in [1.165, 1.54) is 10.8 Å². The molecule has 0 aliphatic rings. The quantitative estimate of drug-likeness (QED) is 0.433. The Morgan fingerprint density at radius 2 is 2.14 bits per heavy atom. The number of halogens is 1. The summed E-state index contributed by atoms with van der Waals surface area (Å²) in [6.07, 6.45) is 2.39. The van der Waals surface area contributed by atoms with E-state index in [1.54, 1.807) is 0 Å². The summed E-state index contributed by atoms with van der Waals surface area (Å²) in [6, 6.07) is 10.4. The van der Waals surface area contributed by atoms with Crippen LogP contribution in [0.4, 0.5) is 0 Å². The maximum absolute atomic E-state index is 8.42. The third kappa shape index (κ3) is 3.17. The summed E-state index contributed by atoms with van der Waals surface area (Å²) in [4.78, 5) is 0. The lowest BCUT2D eigenvalue weighted by atomic mass is 10.1. The van der Waals surface area contributed by atoms with Crippen LogP contribution in [0.2, 0.25) is 0 Å². The molecule has 0 heterocycles. The Labute approximate surface area is 93.1 Å². The first kappa shape index (κ1) is 11.3. The predicted octanol–water partition coefficient (Wildman–Crippen LogP) is 1.65. The highest BCUT2D eigenvalue weighted by atomic mass is 35.5. The summed E-state index contributed by atoms with van der Waals surface area (Å²) in [7, 11) is 1.03. The van der Waals surface area contributed by atoms with Crippen LogP contribution in [-0.4, -0.2) is 10.2 Å². The van der Waals surface area contributed by atoms with Crippen LogP contribution in [-0.2, 0) is 0 Å². The number of benzene rings is 1. The van der Waals surface area contributed by atoms with E-state index in [9.17, 15) is 0 Å². The van der Waals surface area contributed by atoms with Crippen molar-refractivity contribution in [3.8, 4) is 6.07 Å². The molecular formula is C11H14ClNSi. The van der Waals surface area contributed by atoms with Gasteiger partial charge in [0.25, 0.3) is 0 Å². The zero-order valence-electron chi connectivity index (χ0n) is 8.33. The first-order chi connectivity index (χ1) is 6.75. The van der Waals surface area contributed by atoms with Gasteiger partial charge in [-0.2, -0.15) is 5.26 Å². The number of unbranched alkanes of at least 4 members (excludes halogenated alkanes) is 1. The number of nitriles is 1. The average Bonchev–Trinajstić information content (AvgIpc) is 2.18. The van der Waals surface area contributed by atoms with E-state index in [0.717, 1.165) is 23.1 Å². The Balaban J connectivity index is 2.57. The van der Waals surface area contributed by atoms with E-state index in [1.807, 2.05) is 12.1 Å². The Morgan fingerprint density at radius 1 is 1.43 bits per heavy atom. The topological polar surface area (TPSA) is 23.8 Å². The summed E-state index contributed by atoms with van der Waals surface area (Å²) in [5.41, 5.74) is 1.25. The van der Waals surface area contributed by atoms with E-state index in [-0.39, 0.29) is 5.38 Å². The molecule has 0 saturated heterocycles. The molecule has 1 aromatic carbocycles. The number of alkyl halides is 1. The second-order valence-electron chi connectivity index (χ2n) is 3.37. The molecule has 1 rings (SSSR count). The lowest BCUT2D eigenvalue weighted by molar-refractivity contribution is 0.735. The molecule has 1 atom stereocenters. The van der Waals surface area contributed by atoms with Crippen LogP contribution in [0.5, 0.6) is 0 Å². The van der Waals surface area contributed by atoms with Crippen LogP contribution in [0.1, 0.15) is 30.2 Å². The van der Waals surface area contributed by atoms with Gasteiger partial charge in [0.1, 0.15) is 0 Å². The van der Waals surface area contributed by atoms with Gasteiger partial charge >= 0.3 is 0 Å². The maximum atomic E-state index is 8.42. The molecule has 0 radical (unpaired) electrons. The molecule has 0 aromatic heterocycles. The average molecular weight is 224 g/mol. The van der Waals surface area contributed by atoms with Crippen molar-refractivity contribution in [2.24, 2.45) is 0 Å². The fraction of sp³-hybridized carbons (Fsp3) is 0.364. The zero-order valence-corrected chi connectivity index (χ0v) is 11.1. The Hall–Kier alpha value is -0.783. The van der Waals surface area contributed by atoms with Crippen molar-refractivity contribution in [1.82, 2.24) is 0 Å². The lowest BCUT2D eigenvalue weighted by Gasteiger charge is -2.11. The van der Waals surface area contributed by atoms with Crippen LogP contribution in [0, 0.1) is 11.3 Å². The zero-order chi connectivity index (χ0) is 10.4. The van der Waals surface area contributed by atoms with Gasteiger partial charge in [-0.15, -0.1) is 11.6 Å². The molecule has 14 heavy (non-hydrogen) atoms. The Kier molecular flexibility index (Phi) is 4.71. The van der Waals surface area contributed by atoms with E-state index < -0.39 is 0 Å². The van der Waals surface area contributed by atoms with Crippen LogP contribution < -0.4 is 5.19 Å². The summed E-state index contributed by atoms with van der Waals surface area (Å²) in [6.45, 7) is 0. The van der Waals surface area contributed by atoms with Gasteiger partial charge in [-0.05, 0) is 18.4 Å². The molecular weight excluding hydrogens is 210 g/mol. The highest BCUT2D eigenvalue weighted by molar-refractivity contribution is 6.34. The minimum Gasteiger partial charge on any atom is -0.198 e. The van der Waals surface area contributed by atoms with Crippen molar-refractivity contribution in [1.29, 1.82) is 5.26 Å². The highest BCUT2D eigenvalue weighted by Crippen LogP contribution is 2.24. The molecule has 1 unspecified atom stereocenters. The molecule has 1 nitrogen and oxygen atoms in total. The largest absolute Gasteiger partial charge is 0.198 e. The van der Waals surface area contributed by atoms with E-state index >= 15 is 0 Å². The summed E-state index contributed by atoms with van der Waals surface area (Å²) in [5, 5.41) is 9.86. The molecule has 3 heteroatoms. The van der Waals surface area contributed by atoms with Crippen molar-refractivity contribution in [2.45, 2.75) is 24.6 Å². The number of rotatable bonds is 4. The van der Waals surface area contributed by atoms with Gasteiger partial charge < -0.3 is 0 Å². The Bertz CT molecular complexity index is 332. The fourth-order valence-corrected chi connectivity index (χ4v) is 2.74. The van der Waals surface area contributed by atoms with Gasteiger partial charge in [0, 0.05) is 16.7 Å². The van der Waals surface area contributed by atoms with E-state index in [2.05, 4.69) is 18.2 Å². The van der Waals surface area contributed by atoms with Gasteiger partial charge in [-0.25, -0.2) is 0 Å². The molecule has 1 aromatic rings. The number of hydrogen-bond donors (Lipinski definition) is 0. The van der Waals surface area contributed by atoms with Gasteiger partial charge in [-0.1, -0.05) is 29.5 Å². The monoisotopic (exact) mass is 223 g/mol. The molecule has 0 N–H and O–H groups in total. The molecule has 0 aliphatic heterocycles. The van der Waals surface area contributed by atoms with Gasteiger partial charge in [-0.3, -0.25) is 0 Å². The van der Waals surface area contributed by atoms with Crippen molar-refractivity contribution in [3.63, 3.8) is 0 Å². The van der Waals surface area contributed by atoms with E-state index in [4.69, 9.17) is 16.9 Å². The summed E-state index contributed by atoms with van der Waals surface area (Å²) >= 11 is 6.26. The minimum atomic E-state index is 0.0806. The number of hydrogen-bond acceptors (Lipinski definition) is 1. The fourth-order valence-electron chi connectivity index (χ4n) is 1.45. The molecule has 0 saturated carbocycles. The Morgan fingerprint density at radius 3 is 2.79 bits per heavy atom. The molecule has 0 fully saturated rings. The van der Waals surface area contributed by atoms with Crippen molar-refractivity contribution in [3.05, 3.63) is 29.8 Å². The van der Waals surface area contributed by atoms with Gasteiger partial charge in [0.05, 0.1) is 11.4 Å². The first-order valence-corrected chi connectivity index (χ1v) is 6.26. The second-order valence-corrected chi connectivity index (χ2v) is 4.98. The lowest BCUT2D eigenvalue weighted by Crippen LogP contribution is -2.11. The maximum Gasteiger partial charge on any atom is 0.0621 e. The van der Waals surface area contributed by atoms with Crippen molar-refractivity contribution < 1.29 is 0 Å². The third-order valence-electron chi connectivity index (χ3n) is 2.27. The van der Waals surface area contributed by atoms with Crippen LogP contribution in [0.3, 0.4) is 0 Å². The molecule has 0 bridgehead atoms. The highest BCUT2D eigenvalue weighted by Gasteiger charge is 2.08. The molecule has 0 amide bonds. The van der Waals surface area contributed by atoms with Crippen molar-refractivity contribution in [2.75, 3.05) is 0 Å². The first-order valence-electron chi connectivity index (χ1n) is 4.82. The number of nitrogens with zero attached hydrogens (tertiary/aromatic N) is 1. The van der Waals surface area contributed by atoms with Gasteiger partial charge in [0.15, 0.2) is 0 Å². The molecule has 0 aliphatic carbocycles. The molecule has 74 valence electrons. The van der Waals surface area contributed by atoms with E-state index in [0.29, 0.717) is 6.42 Å². The van der Waals surface area contributed by atoms with Gasteiger partial charge in [0.2, 0.25) is 0 Å². The SMILES string of the molecule is N#CCCCC(Cl)c1ccccc1[SiH3]. The normalized spacial score (nSPS) is 12.3. The smallest absolute Gasteiger partial charge is 0.0621 e. The molecule has 0 spiro atoms. The second kappa shape index (κ2) is 5.84. The summed E-state index contributed by atoms with van der Waals surface area (Å²) < 4.78 is 0. The minimum absolute atomic E-state index is 0.0806. The predicted molar refractivity (Wildman–Crippen MR) is 64.1 cm³/mol. The van der Waals surface area contributed by atoms with Crippen LogP contribution in [0.25, 0.3) is 0 Å². The summed E-state index contributed by atoms with van der Waals surface area (Å²) in [5.74, 6) is 0. The van der Waals surface area contributed by atoms with Crippen molar-refractivity contribution >= 4 is 27.0 Å².